The van der Waals surface area contributed by atoms with E-state index in [-0.39, 0.29) is 36.8 Å². The largest absolute Gasteiger partial charge is 0.343 e. The van der Waals surface area contributed by atoms with Gasteiger partial charge in [-0.1, -0.05) is 12.1 Å². The number of amides is 5. The lowest BCUT2D eigenvalue weighted by molar-refractivity contribution is -0.125. The van der Waals surface area contributed by atoms with E-state index in [9.17, 15) is 19.2 Å². The first-order chi connectivity index (χ1) is 15.8. The van der Waals surface area contributed by atoms with E-state index in [0.717, 1.165) is 28.2 Å². The number of benzene rings is 2. The molecule has 4 aliphatic rings. The van der Waals surface area contributed by atoms with Crippen LogP contribution < -0.4 is 25.8 Å². The molecule has 0 bridgehead atoms. The van der Waals surface area contributed by atoms with E-state index in [1.807, 2.05) is 46.2 Å². The van der Waals surface area contributed by atoms with Gasteiger partial charge in [0, 0.05) is 25.6 Å². The molecular formula is C23H22N6O4. The van der Waals surface area contributed by atoms with Crippen LogP contribution in [-0.4, -0.2) is 61.0 Å². The van der Waals surface area contributed by atoms with Gasteiger partial charge in [-0.15, -0.1) is 0 Å². The average Bonchev–Trinajstić information content (AvgIpc) is 3.38. The van der Waals surface area contributed by atoms with Crippen LogP contribution in [0.1, 0.15) is 11.1 Å². The molecule has 5 amide bonds. The van der Waals surface area contributed by atoms with Crippen molar-refractivity contribution in [3.8, 4) is 0 Å². The number of para-hydroxylation sites is 1. The summed E-state index contributed by atoms with van der Waals surface area (Å²) in [5, 5.41) is 8.22. The van der Waals surface area contributed by atoms with E-state index in [4.69, 9.17) is 0 Å². The van der Waals surface area contributed by atoms with Gasteiger partial charge in [0.1, 0.15) is 5.54 Å². The monoisotopic (exact) mass is 446 g/mol. The van der Waals surface area contributed by atoms with Crippen LogP contribution in [0.25, 0.3) is 0 Å². The summed E-state index contributed by atoms with van der Waals surface area (Å²) in [6, 6.07) is 10.9. The summed E-state index contributed by atoms with van der Waals surface area (Å²) in [6.07, 6.45) is 0.874. The lowest BCUT2D eigenvalue weighted by Crippen LogP contribution is -2.48. The molecule has 3 heterocycles. The molecule has 33 heavy (non-hydrogen) atoms. The third kappa shape index (κ3) is 2.86. The van der Waals surface area contributed by atoms with Gasteiger partial charge in [0.2, 0.25) is 11.8 Å². The molecule has 10 nitrogen and oxygen atoms in total. The smallest absolute Gasteiger partial charge is 0.324 e. The van der Waals surface area contributed by atoms with Gasteiger partial charge in [-0.25, -0.2) is 4.79 Å². The van der Waals surface area contributed by atoms with Crippen molar-refractivity contribution in [2.75, 3.05) is 47.2 Å². The summed E-state index contributed by atoms with van der Waals surface area (Å²) in [5.74, 6) is -0.519. The molecule has 3 aliphatic heterocycles. The van der Waals surface area contributed by atoms with Crippen LogP contribution in [-0.2, 0) is 27.2 Å². The number of carbonyl (C=O) groups excluding carboxylic acids is 4. The highest BCUT2D eigenvalue weighted by Gasteiger charge is 2.54. The molecule has 3 N–H and O–H groups in total. The summed E-state index contributed by atoms with van der Waals surface area (Å²) in [7, 11) is 1.64. The van der Waals surface area contributed by atoms with Gasteiger partial charge in [-0.05, 0) is 35.4 Å². The van der Waals surface area contributed by atoms with Crippen molar-refractivity contribution < 1.29 is 19.2 Å². The summed E-state index contributed by atoms with van der Waals surface area (Å²) in [5.41, 5.74) is 4.33. The van der Waals surface area contributed by atoms with Crippen molar-refractivity contribution in [3.63, 3.8) is 0 Å². The fourth-order valence-electron chi connectivity index (χ4n) is 5.35. The number of hydrogen-bond acceptors (Lipinski definition) is 6. The Morgan fingerprint density at radius 3 is 2.70 bits per heavy atom. The second-order valence-corrected chi connectivity index (χ2v) is 8.99. The maximum Gasteiger partial charge on any atom is 0.324 e. The molecule has 2 aromatic rings. The molecule has 1 aliphatic carbocycles. The second kappa shape index (κ2) is 6.71. The number of nitrogens with one attached hydrogen (secondary N) is 3. The Balaban J connectivity index is 1.17. The molecule has 1 atom stereocenters. The first kappa shape index (κ1) is 19.6. The number of imide groups is 1. The molecule has 168 valence electrons. The predicted octanol–water partition coefficient (Wildman–Crippen LogP) is 0.880. The zero-order valence-corrected chi connectivity index (χ0v) is 18.0. The first-order valence-electron chi connectivity index (χ1n) is 10.8. The van der Waals surface area contributed by atoms with Crippen LogP contribution in [0.15, 0.2) is 36.4 Å². The van der Waals surface area contributed by atoms with Crippen LogP contribution in [0.2, 0.25) is 0 Å². The van der Waals surface area contributed by atoms with E-state index < -0.39 is 5.54 Å². The highest BCUT2D eigenvalue weighted by Crippen LogP contribution is 2.43. The van der Waals surface area contributed by atoms with Gasteiger partial charge >= 0.3 is 6.03 Å². The van der Waals surface area contributed by atoms with Crippen LogP contribution in [0.4, 0.5) is 27.5 Å². The zero-order chi connectivity index (χ0) is 22.9. The maximum atomic E-state index is 12.9. The van der Waals surface area contributed by atoms with Crippen molar-refractivity contribution >= 4 is 46.5 Å². The van der Waals surface area contributed by atoms with Crippen LogP contribution in [0.3, 0.4) is 0 Å². The van der Waals surface area contributed by atoms with Crippen molar-refractivity contribution in [1.29, 1.82) is 0 Å². The number of likely N-dealkylation sites (N-methyl/N-ethyl adjacent to an activating group) is 1. The van der Waals surface area contributed by atoms with Gasteiger partial charge in [0.15, 0.2) is 0 Å². The summed E-state index contributed by atoms with van der Waals surface area (Å²) in [6.45, 7) is 0.871. The zero-order valence-electron chi connectivity index (χ0n) is 18.0. The van der Waals surface area contributed by atoms with Gasteiger partial charge in [0.25, 0.3) is 5.91 Å². The predicted molar refractivity (Wildman–Crippen MR) is 121 cm³/mol. The standard InChI is InChI=1S/C23H22N6O4/c1-27-22(33)26-21(32)23(27)8-13-5-6-15(7-14(13)9-23)24-18(30)10-28-12-29-11-19(31)25-16-3-2-4-17(28)20(16)29/h2-7H,8-12H2,1H3,(H,24,30)(H,25,31)(H,26,32,33). The summed E-state index contributed by atoms with van der Waals surface area (Å²) in [4.78, 5) is 54.6. The number of urea groups is 1. The van der Waals surface area contributed by atoms with E-state index in [1.165, 1.54) is 4.90 Å². The second-order valence-electron chi connectivity index (χ2n) is 8.99. The van der Waals surface area contributed by atoms with Crippen molar-refractivity contribution in [2.45, 2.75) is 18.4 Å². The lowest BCUT2D eigenvalue weighted by atomic mass is 9.95. The number of nitrogens with zero attached hydrogens (tertiary/aromatic N) is 3. The van der Waals surface area contributed by atoms with Gasteiger partial charge in [0.05, 0.1) is 36.8 Å². The third-order valence-corrected chi connectivity index (χ3v) is 7.00. The lowest BCUT2D eigenvalue weighted by Gasteiger charge is -2.27. The van der Waals surface area contributed by atoms with Crippen LogP contribution >= 0.6 is 0 Å². The number of hydrogen-bond donors (Lipinski definition) is 3. The van der Waals surface area contributed by atoms with Crippen molar-refractivity contribution in [1.82, 2.24) is 10.2 Å². The van der Waals surface area contributed by atoms with Crippen LogP contribution in [0.5, 0.6) is 0 Å². The van der Waals surface area contributed by atoms with Gasteiger partial charge in [-0.3, -0.25) is 19.7 Å². The van der Waals surface area contributed by atoms with E-state index in [1.54, 1.807) is 7.05 Å². The molecule has 2 aromatic carbocycles. The topological polar surface area (TPSA) is 114 Å². The van der Waals surface area contributed by atoms with Crippen LogP contribution in [0, 0.1) is 0 Å². The SMILES string of the molecule is CN1C(=O)NC(=O)C12Cc1ccc(NC(=O)CN3CN4CC(=O)Nc5cccc3c54)cc1C2. The highest BCUT2D eigenvalue weighted by atomic mass is 16.2. The minimum Gasteiger partial charge on any atom is -0.343 e. The number of anilines is 4. The Hall–Kier alpha value is -4.08. The Bertz CT molecular complexity index is 1260. The fraction of sp³-hybridized carbons (Fsp3) is 0.304. The van der Waals surface area contributed by atoms with E-state index >= 15 is 0 Å². The first-order valence-corrected chi connectivity index (χ1v) is 10.8. The Morgan fingerprint density at radius 2 is 1.91 bits per heavy atom. The molecule has 1 spiro atoms. The van der Waals surface area contributed by atoms with E-state index in [2.05, 4.69) is 16.0 Å². The number of rotatable bonds is 3. The minimum atomic E-state index is -0.889. The number of fused-ring (bicyclic) bond motifs is 1. The number of carbonyl (C=O) groups is 4. The Morgan fingerprint density at radius 1 is 1.09 bits per heavy atom. The third-order valence-electron chi connectivity index (χ3n) is 7.00. The molecule has 1 unspecified atom stereocenters. The molecule has 0 saturated carbocycles. The molecule has 1 fully saturated rings. The summed E-state index contributed by atoms with van der Waals surface area (Å²) >= 11 is 0. The maximum absolute atomic E-state index is 12.9. The van der Waals surface area contributed by atoms with E-state index in [0.29, 0.717) is 25.2 Å². The fourth-order valence-corrected chi connectivity index (χ4v) is 5.35. The van der Waals surface area contributed by atoms with Crippen molar-refractivity contribution in [3.05, 3.63) is 47.5 Å². The molecule has 10 heteroatoms. The van der Waals surface area contributed by atoms with Gasteiger partial charge in [-0.2, -0.15) is 0 Å². The molecule has 0 aromatic heterocycles. The Kier molecular flexibility index (Phi) is 3.98. The molecular weight excluding hydrogens is 424 g/mol. The van der Waals surface area contributed by atoms with Crippen molar-refractivity contribution in [2.24, 2.45) is 0 Å². The minimum absolute atomic E-state index is 0.0647. The molecule has 0 radical (unpaired) electrons. The quantitative estimate of drug-likeness (QED) is 0.604. The molecule has 1 saturated heterocycles. The summed E-state index contributed by atoms with van der Waals surface area (Å²) < 4.78 is 0. The average molecular weight is 446 g/mol. The normalized spacial score (nSPS) is 22.5. The highest BCUT2D eigenvalue weighted by molar-refractivity contribution is 6.08. The Labute approximate surface area is 189 Å². The molecule has 6 rings (SSSR count). The van der Waals surface area contributed by atoms with Gasteiger partial charge < -0.3 is 25.3 Å².